The van der Waals surface area contributed by atoms with Gasteiger partial charge in [-0.1, -0.05) is 0 Å². The van der Waals surface area contributed by atoms with E-state index in [2.05, 4.69) is 5.10 Å². The molecule has 1 atom stereocenters. The van der Waals surface area contributed by atoms with Crippen LogP contribution in [-0.4, -0.2) is 20.8 Å². The highest BCUT2D eigenvalue weighted by Crippen LogP contribution is 2.31. The number of carbonyl (C=O) groups excluding carboxylic acids is 1. The van der Waals surface area contributed by atoms with Crippen molar-refractivity contribution in [3.05, 3.63) is 12.4 Å². The summed E-state index contributed by atoms with van der Waals surface area (Å²) in [7, 11) is 1.89. The summed E-state index contributed by atoms with van der Waals surface area (Å²) in [5.74, 6) is 0.397. The minimum absolute atomic E-state index is 0.184. The molecule has 2 rings (SSSR count). The Bertz CT molecular complexity index is 321. The number of ketones is 1. The SMILES string of the molecule is Cn1cc(SC2CCCC2=O)cn1. The summed E-state index contributed by atoms with van der Waals surface area (Å²) in [4.78, 5) is 12.4. The van der Waals surface area contributed by atoms with Gasteiger partial charge in [0, 0.05) is 24.6 Å². The summed E-state index contributed by atoms with van der Waals surface area (Å²) in [5.41, 5.74) is 0. The van der Waals surface area contributed by atoms with E-state index in [0.717, 1.165) is 24.2 Å². The van der Waals surface area contributed by atoms with Crippen LogP contribution in [0.3, 0.4) is 0 Å². The molecule has 0 radical (unpaired) electrons. The van der Waals surface area contributed by atoms with Crippen molar-refractivity contribution in [3.8, 4) is 0 Å². The van der Waals surface area contributed by atoms with E-state index in [4.69, 9.17) is 0 Å². The minimum Gasteiger partial charge on any atom is -0.298 e. The van der Waals surface area contributed by atoms with Crippen LogP contribution in [0.1, 0.15) is 19.3 Å². The van der Waals surface area contributed by atoms with Crippen LogP contribution in [0.15, 0.2) is 17.3 Å². The van der Waals surface area contributed by atoms with E-state index in [9.17, 15) is 4.79 Å². The Morgan fingerprint density at radius 2 is 2.54 bits per heavy atom. The van der Waals surface area contributed by atoms with E-state index < -0.39 is 0 Å². The van der Waals surface area contributed by atoms with Crippen LogP contribution in [0.5, 0.6) is 0 Å². The molecule has 1 heterocycles. The lowest BCUT2D eigenvalue weighted by molar-refractivity contribution is -0.116. The summed E-state index contributed by atoms with van der Waals surface area (Å²) in [6.07, 6.45) is 6.61. The highest BCUT2D eigenvalue weighted by Gasteiger charge is 2.25. The van der Waals surface area contributed by atoms with Gasteiger partial charge in [0.2, 0.25) is 0 Å². The summed E-state index contributed by atoms with van der Waals surface area (Å²) in [5, 5.41) is 4.25. The predicted molar refractivity (Wildman–Crippen MR) is 51.7 cm³/mol. The lowest BCUT2D eigenvalue weighted by atomic mass is 10.3. The molecule has 70 valence electrons. The molecule has 0 saturated heterocycles. The Morgan fingerprint density at radius 3 is 3.08 bits per heavy atom. The molecule has 13 heavy (non-hydrogen) atoms. The van der Waals surface area contributed by atoms with Crippen molar-refractivity contribution in [2.24, 2.45) is 7.05 Å². The van der Waals surface area contributed by atoms with Gasteiger partial charge in [-0.3, -0.25) is 9.48 Å². The molecule has 1 saturated carbocycles. The highest BCUT2D eigenvalue weighted by molar-refractivity contribution is 8.00. The zero-order chi connectivity index (χ0) is 9.26. The minimum atomic E-state index is 0.184. The Labute approximate surface area is 81.5 Å². The van der Waals surface area contributed by atoms with E-state index in [1.165, 1.54) is 0 Å². The first-order chi connectivity index (χ1) is 6.25. The second kappa shape index (κ2) is 3.54. The Kier molecular flexibility index (Phi) is 2.40. The second-order valence-electron chi connectivity index (χ2n) is 3.31. The molecule has 4 heteroatoms. The van der Waals surface area contributed by atoms with Crippen molar-refractivity contribution in [2.45, 2.75) is 29.4 Å². The van der Waals surface area contributed by atoms with E-state index in [1.54, 1.807) is 16.4 Å². The molecule has 1 unspecified atom stereocenters. The number of carbonyl (C=O) groups is 1. The maximum Gasteiger partial charge on any atom is 0.146 e. The van der Waals surface area contributed by atoms with E-state index in [1.807, 2.05) is 19.4 Å². The molecule has 0 aliphatic heterocycles. The van der Waals surface area contributed by atoms with Gasteiger partial charge in [0.15, 0.2) is 0 Å². The molecule has 3 nitrogen and oxygen atoms in total. The zero-order valence-electron chi connectivity index (χ0n) is 7.56. The number of hydrogen-bond donors (Lipinski definition) is 0. The molecular weight excluding hydrogens is 184 g/mol. The van der Waals surface area contributed by atoms with Gasteiger partial charge < -0.3 is 0 Å². The molecule has 1 fully saturated rings. The second-order valence-corrected chi connectivity index (χ2v) is 4.59. The summed E-state index contributed by atoms with van der Waals surface area (Å²) < 4.78 is 1.77. The molecule has 1 aromatic heterocycles. The average molecular weight is 196 g/mol. The quantitative estimate of drug-likeness (QED) is 0.721. The number of rotatable bonds is 2. The third kappa shape index (κ3) is 1.94. The molecular formula is C9H12N2OS. The summed E-state index contributed by atoms with van der Waals surface area (Å²) >= 11 is 1.65. The molecule has 0 aromatic carbocycles. The third-order valence-corrected chi connectivity index (χ3v) is 3.47. The smallest absolute Gasteiger partial charge is 0.146 e. The maximum absolute atomic E-state index is 11.3. The van der Waals surface area contributed by atoms with Gasteiger partial charge >= 0.3 is 0 Å². The van der Waals surface area contributed by atoms with Crippen LogP contribution in [0.4, 0.5) is 0 Å². The Balaban J connectivity index is 2.01. The molecule has 1 aromatic rings. The van der Waals surface area contributed by atoms with Crippen LogP contribution in [0.2, 0.25) is 0 Å². The van der Waals surface area contributed by atoms with Crippen molar-refractivity contribution in [1.29, 1.82) is 0 Å². The lowest BCUT2D eigenvalue weighted by Gasteiger charge is -2.03. The average Bonchev–Trinajstić information content (AvgIpc) is 2.64. The van der Waals surface area contributed by atoms with Gasteiger partial charge in [0.05, 0.1) is 11.4 Å². The van der Waals surface area contributed by atoms with Crippen molar-refractivity contribution in [1.82, 2.24) is 9.78 Å². The van der Waals surface area contributed by atoms with E-state index in [-0.39, 0.29) is 5.25 Å². The first-order valence-electron chi connectivity index (χ1n) is 4.44. The fourth-order valence-electron chi connectivity index (χ4n) is 1.53. The van der Waals surface area contributed by atoms with Crippen LogP contribution >= 0.6 is 11.8 Å². The number of thioether (sulfide) groups is 1. The van der Waals surface area contributed by atoms with Gasteiger partial charge in [-0.15, -0.1) is 11.8 Å². The topological polar surface area (TPSA) is 34.9 Å². The first kappa shape index (κ1) is 8.81. The number of aromatic nitrogens is 2. The van der Waals surface area contributed by atoms with Gasteiger partial charge in [-0.2, -0.15) is 5.10 Å². The monoisotopic (exact) mass is 196 g/mol. The zero-order valence-corrected chi connectivity index (χ0v) is 8.38. The maximum atomic E-state index is 11.3. The molecule has 1 aliphatic carbocycles. The van der Waals surface area contributed by atoms with E-state index >= 15 is 0 Å². The highest BCUT2D eigenvalue weighted by atomic mass is 32.2. The van der Waals surface area contributed by atoms with E-state index in [0.29, 0.717) is 5.78 Å². The largest absolute Gasteiger partial charge is 0.298 e. The van der Waals surface area contributed by atoms with Crippen LogP contribution in [0, 0.1) is 0 Å². The molecule has 0 bridgehead atoms. The van der Waals surface area contributed by atoms with Crippen LogP contribution < -0.4 is 0 Å². The number of Topliss-reactive ketones (excluding diaryl/α,β-unsaturated/α-hetero) is 1. The molecule has 0 amide bonds. The fourth-order valence-corrected chi connectivity index (χ4v) is 2.72. The molecule has 0 N–H and O–H groups in total. The van der Waals surface area contributed by atoms with Crippen LogP contribution in [0.25, 0.3) is 0 Å². The number of nitrogens with zero attached hydrogens (tertiary/aromatic N) is 2. The number of aryl methyl sites for hydroxylation is 1. The summed E-state index contributed by atoms with van der Waals surface area (Å²) in [6, 6.07) is 0. The van der Waals surface area contributed by atoms with Crippen molar-refractivity contribution in [3.63, 3.8) is 0 Å². The Morgan fingerprint density at radius 1 is 1.69 bits per heavy atom. The predicted octanol–water partition coefficient (Wildman–Crippen LogP) is 1.63. The summed E-state index contributed by atoms with van der Waals surface area (Å²) in [6.45, 7) is 0. The van der Waals surface area contributed by atoms with Crippen molar-refractivity contribution in [2.75, 3.05) is 0 Å². The van der Waals surface area contributed by atoms with Gasteiger partial charge in [-0.25, -0.2) is 0 Å². The normalized spacial score (nSPS) is 22.5. The third-order valence-electron chi connectivity index (χ3n) is 2.21. The standard InChI is InChI=1S/C9H12N2OS/c1-11-6-7(5-10-11)13-9-4-2-3-8(9)12/h5-6,9H,2-4H2,1H3. The molecule has 0 spiro atoms. The van der Waals surface area contributed by atoms with Gasteiger partial charge in [-0.05, 0) is 12.8 Å². The van der Waals surface area contributed by atoms with Gasteiger partial charge in [0.25, 0.3) is 0 Å². The first-order valence-corrected chi connectivity index (χ1v) is 5.32. The molecule has 1 aliphatic rings. The number of hydrogen-bond acceptors (Lipinski definition) is 3. The van der Waals surface area contributed by atoms with Gasteiger partial charge in [0.1, 0.15) is 5.78 Å². The van der Waals surface area contributed by atoms with Crippen LogP contribution in [-0.2, 0) is 11.8 Å². The van der Waals surface area contributed by atoms with Crippen molar-refractivity contribution < 1.29 is 4.79 Å². The Hall–Kier alpha value is -0.770. The fraction of sp³-hybridized carbons (Fsp3) is 0.556. The van der Waals surface area contributed by atoms with Crippen molar-refractivity contribution >= 4 is 17.5 Å². The lowest BCUT2D eigenvalue weighted by Crippen LogP contribution is -2.07.